The molecule has 100 valence electrons. The third-order valence-electron chi connectivity index (χ3n) is 2.92. The molecule has 0 saturated carbocycles. The lowest BCUT2D eigenvalue weighted by Crippen LogP contribution is -2.22. The van der Waals surface area contributed by atoms with Crippen LogP contribution in [0, 0.1) is 0 Å². The predicted molar refractivity (Wildman–Crippen MR) is 72.2 cm³/mol. The third-order valence-corrected chi connectivity index (χ3v) is 2.92. The molecule has 0 unspecified atom stereocenters. The van der Waals surface area contributed by atoms with Crippen LogP contribution in [0.4, 0.5) is 0 Å². The second-order valence-electron chi connectivity index (χ2n) is 4.54. The van der Waals surface area contributed by atoms with Crippen LogP contribution in [-0.2, 0) is 6.54 Å². The van der Waals surface area contributed by atoms with E-state index in [1.807, 2.05) is 25.2 Å². The summed E-state index contributed by atoms with van der Waals surface area (Å²) >= 11 is 0. The van der Waals surface area contributed by atoms with Gasteiger partial charge in [0, 0.05) is 18.7 Å². The van der Waals surface area contributed by atoms with Crippen LogP contribution >= 0.6 is 0 Å². The number of nitrogens with zero attached hydrogens (tertiary/aromatic N) is 1. The number of nitrogens with two attached hydrogens (primary N) is 1. The lowest BCUT2D eigenvalue weighted by Gasteiger charge is -2.17. The highest BCUT2D eigenvalue weighted by atomic mass is 16.2. The third kappa shape index (κ3) is 4.85. The van der Waals surface area contributed by atoms with E-state index in [1.165, 1.54) is 0 Å². The van der Waals surface area contributed by atoms with Crippen LogP contribution in [0.3, 0.4) is 0 Å². The molecule has 0 aliphatic rings. The van der Waals surface area contributed by atoms with Gasteiger partial charge in [0.2, 0.25) is 5.91 Å². The van der Waals surface area contributed by atoms with Crippen molar-refractivity contribution in [3.63, 3.8) is 0 Å². The van der Waals surface area contributed by atoms with Gasteiger partial charge in [-0.3, -0.25) is 4.79 Å². The minimum absolute atomic E-state index is 0.258. The topological polar surface area (TPSA) is 66.6 Å². The van der Waals surface area contributed by atoms with E-state index in [-0.39, 0.29) is 12.5 Å². The van der Waals surface area contributed by atoms with Gasteiger partial charge in [0.25, 0.3) is 0 Å². The molecule has 1 rings (SSSR count). The van der Waals surface area contributed by atoms with E-state index in [4.69, 9.17) is 10.8 Å². The van der Waals surface area contributed by atoms with Crippen LogP contribution in [0.2, 0.25) is 0 Å². The molecular formula is C14H22N2O2. The summed E-state index contributed by atoms with van der Waals surface area (Å²) in [6.07, 6.45) is 2.93. The van der Waals surface area contributed by atoms with Crippen LogP contribution in [0.15, 0.2) is 24.3 Å². The summed E-state index contributed by atoms with van der Waals surface area (Å²) in [4.78, 5) is 13.4. The number of amides is 1. The molecule has 0 atom stereocenters. The molecule has 1 aromatic carbocycles. The molecule has 4 heteroatoms. The van der Waals surface area contributed by atoms with Gasteiger partial charge >= 0.3 is 0 Å². The average molecular weight is 250 g/mol. The normalized spacial score (nSPS) is 10.8. The lowest BCUT2D eigenvalue weighted by molar-refractivity contribution is 0.0998. The fourth-order valence-electron chi connectivity index (χ4n) is 1.94. The first-order valence-corrected chi connectivity index (χ1v) is 6.32. The number of benzene rings is 1. The largest absolute Gasteiger partial charge is 0.396 e. The molecule has 4 nitrogen and oxygen atoms in total. The first-order chi connectivity index (χ1) is 8.65. The van der Waals surface area contributed by atoms with Gasteiger partial charge in [-0.1, -0.05) is 18.2 Å². The number of aliphatic hydroxyl groups is 1. The van der Waals surface area contributed by atoms with Crippen molar-refractivity contribution in [2.45, 2.75) is 25.8 Å². The Hall–Kier alpha value is -1.39. The van der Waals surface area contributed by atoms with Crippen molar-refractivity contribution in [2.24, 2.45) is 5.73 Å². The van der Waals surface area contributed by atoms with E-state index in [0.29, 0.717) is 5.56 Å². The zero-order chi connectivity index (χ0) is 13.4. The van der Waals surface area contributed by atoms with Crippen molar-refractivity contribution >= 4 is 5.91 Å². The van der Waals surface area contributed by atoms with Crippen LogP contribution < -0.4 is 5.73 Å². The Morgan fingerprint density at radius 3 is 2.67 bits per heavy atom. The fraction of sp³-hybridized carbons (Fsp3) is 0.500. The highest BCUT2D eigenvalue weighted by Gasteiger charge is 2.08. The molecule has 0 saturated heterocycles. The van der Waals surface area contributed by atoms with Crippen molar-refractivity contribution in [3.05, 3.63) is 35.4 Å². The second-order valence-corrected chi connectivity index (χ2v) is 4.54. The maximum absolute atomic E-state index is 11.3. The molecule has 0 aliphatic carbocycles. The van der Waals surface area contributed by atoms with E-state index in [0.717, 1.165) is 37.9 Å². The van der Waals surface area contributed by atoms with Crippen molar-refractivity contribution in [1.82, 2.24) is 4.90 Å². The Balaban J connectivity index is 2.48. The Morgan fingerprint density at radius 2 is 2.00 bits per heavy atom. The minimum Gasteiger partial charge on any atom is -0.396 e. The zero-order valence-electron chi connectivity index (χ0n) is 10.9. The van der Waals surface area contributed by atoms with E-state index in [9.17, 15) is 4.79 Å². The Kier molecular flexibility index (Phi) is 6.39. The monoisotopic (exact) mass is 250 g/mol. The van der Waals surface area contributed by atoms with Crippen LogP contribution in [0.1, 0.15) is 35.2 Å². The number of carbonyl (C=O) groups excluding carboxylic acids is 1. The summed E-state index contributed by atoms with van der Waals surface area (Å²) in [5.41, 5.74) is 6.91. The number of hydrogen-bond acceptors (Lipinski definition) is 3. The molecule has 1 aromatic rings. The molecule has 1 amide bonds. The van der Waals surface area contributed by atoms with Crippen molar-refractivity contribution in [2.75, 3.05) is 20.2 Å². The standard InChI is InChI=1S/C14H22N2O2/c1-16(9-5-2-6-10-17)11-12-7-3-4-8-13(12)14(15)18/h3-4,7-8,17H,2,5-6,9-11H2,1H3,(H2,15,18). The Labute approximate surface area is 108 Å². The van der Waals surface area contributed by atoms with Crippen LogP contribution in [0.5, 0.6) is 0 Å². The molecular weight excluding hydrogens is 228 g/mol. The SMILES string of the molecule is CN(CCCCCO)Cc1ccccc1C(N)=O. The van der Waals surface area contributed by atoms with Crippen molar-refractivity contribution in [1.29, 1.82) is 0 Å². The molecule has 0 heterocycles. The van der Waals surface area contributed by atoms with Gasteiger partial charge in [0.1, 0.15) is 0 Å². The number of primary amides is 1. The first-order valence-electron chi connectivity index (χ1n) is 6.32. The Bertz CT molecular complexity index is 380. The molecule has 0 radical (unpaired) electrons. The van der Waals surface area contributed by atoms with Crippen molar-refractivity contribution < 1.29 is 9.90 Å². The number of aliphatic hydroxyl groups excluding tert-OH is 1. The molecule has 18 heavy (non-hydrogen) atoms. The highest BCUT2D eigenvalue weighted by molar-refractivity contribution is 5.94. The molecule has 0 spiro atoms. The second kappa shape index (κ2) is 7.84. The molecule has 0 aliphatic heterocycles. The van der Waals surface area contributed by atoms with E-state index < -0.39 is 0 Å². The quantitative estimate of drug-likeness (QED) is 0.685. The minimum atomic E-state index is -0.376. The van der Waals surface area contributed by atoms with Crippen LogP contribution in [-0.4, -0.2) is 36.1 Å². The summed E-state index contributed by atoms with van der Waals surface area (Å²) < 4.78 is 0. The smallest absolute Gasteiger partial charge is 0.249 e. The van der Waals surface area contributed by atoms with Gasteiger partial charge in [-0.15, -0.1) is 0 Å². The highest BCUT2D eigenvalue weighted by Crippen LogP contribution is 2.11. The molecule has 3 N–H and O–H groups in total. The first kappa shape index (κ1) is 14.7. The van der Waals surface area contributed by atoms with E-state index in [1.54, 1.807) is 6.07 Å². The van der Waals surface area contributed by atoms with Gasteiger partial charge in [-0.05, 0) is 44.5 Å². The number of unbranched alkanes of at least 4 members (excludes halogenated alkanes) is 2. The Morgan fingerprint density at radius 1 is 1.28 bits per heavy atom. The maximum atomic E-state index is 11.3. The zero-order valence-corrected chi connectivity index (χ0v) is 10.9. The fourth-order valence-corrected chi connectivity index (χ4v) is 1.94. The van der Waals surface area contributed by atoms with Gasteiger partial charge in [-0.25, -0.2) is 0 Å². The number of carbonyl (C=O) groups is 1. The summed E-state index contributed by atoms with van der Waals surface area (Å²) in [5, 5.41) is 8.70. The van der Waals surface area contributed by atoms with Crippen LogP contribution in [0.25, 0.3) is 0 Å². The van der Waals surface area contributed by atoms with Gasteiger partial charge < -0.3 is 15.7 Å². The van der Waals surface area contributed by atoms with E-state index in [2.05, 4.69) is 4.90 Å². The number of rotatable bonds is 8. The lowest BCUT2D eigenvalue weighted by atomic mass is 10.1. The molecule has 0 fully saturated rings. The maximum Gasteiger partial charge on any atom is 0.249 e. The van der Waals surface area contributed by atoms with Gasteiger partial charge in [0.05, 0.1) is 0 Å². The summed E-state index contributed by atoms with van der Waals surface area (Å²) in [5.74, 6) is -0.376. The number of hydrogen-bond donors (Lipinski definition) is 2. The van der Waals surface area contributed by atoms with E-state index >= 15 is 0 Å². The summed E-state index contributed by atoms with van der Waals surface area (Å²) in [6, 6.07) is 7.44. The molecule has 0 bridgehead atoms. The average Bonchev–Trinajstić information content (AvgIpc) is 2.35. The summed E-state index contributed by atoms with van der Waals surface area (Å²) in [6.45, 7) is 1.93. The van der Waals surface area contributed by atoms with Gasteiger partial charge in [-0.2, -0.15) is 0 Å². The van der Waals surface area contributed by atoms with Crippen molar-refractivity contribution in [3.8, 4) is 0 Å². The van der Waals surface area contributed by atoms with Gasteiger partial charge in [0.15, 0.2) is 0 Å². The summed E-state index contributed by atoms with van der Waals surface area (Å²) in [7, 11) is 2.02. The molecule has 0 aromatic heterocycles. The predicted octanol–water partition coefficient (Wildman–Crippen LogP) is 1.38.